The van der Waals surface area contributed by atoms with Crippen molar-refractivity contribution >= 4 is 15.9 Å². The van der Waals surface area contributed by atoms with Crippen molar-refractivity contribution in [2.45, 2.75) is 6.18 Å². The molecule has 86 valence electrons. The Morgan fingerprint density at radius 2 is 2.19 bits per heavy atom. The SMILES string of the molecule is COc1ncc(C#CCBr)cc1C(F)(F)F. The average molecular weight is 294 g/mol. The highest BCUT2D eigenvalue weighted by molar-refractivity contribution is 9.09. The maximum atomic E-state index is 12.6. The number of methoxy groups -OCH3 is 1. The van der Waals surface area contributed by atoms with Gasteiger partial charge in [-0.15, -0.1) is 0 Å². The number of rotatable bonds is 1. The summed E-state index contributed by atoms with van der Waals surface area (Å²) in [4.78, 5) is 3.56. The van der Waals surface area contributed by atoms with E-state index < -0.39 is 17.6 Å². The Morgan fingerprint density at radius 3 is 2.69 bits per heavy atom. The van der Waals surface area contributed by atoms with E-state index in [-0.39, 0.29) is 5.56 Å². The fourth-order valence-corrected chi connectivity index (χ4v) is 1.16. The van der Waals surface area contributed by atoms with Gasteiger partial charge in [-0.3, -0.25) is 0 Å². The van der Waals surface area contributed by atoms with Crippen LogP contribution in [-0.2, 0) is 6.18 Å². The quantitative estimate of drug-likeness (QED) is 0.587. The molecule has 2 nitrogen and oxygen atoms in total. The minimum Gasteiger partial charge on any atom is -0.481 e. The molecule has 1 heterocycles. The normalized spacial score (nSPS) is 10.6. The van der Waals surface area contributed by atoms with Gasteiger partial charge in [-0.2, -0.15) is 13.2 Å². The van der Waals surface area contributed by atoms with Crippen molar-refractivity contribution in [1.29, 1.82) is 0 Å². The van der Waals surface area contributed by atoms with Crippen LogP contribution in [0.5, 0.6) is 5.88 Å². The summed E-state index contributed by atoms with van der Waals surface area (Å²) in [7, 11) is 1.14. The van der Waals surface area contributed by atoms with Crippen LogP contribution in [0.3, 0.4) is 0 Å². The molecule has 1 aromatic rings. The van der Waals surface area contributed by atoms with E-state index in [1.54, 1.807) is 0 Å². The van der Waals surface area contributed by atoms with Gasteiger partial charge in [0.1, 0.15) is 5.56 Å². The predicted octanol–water partition coefficient (Wildman–Crippen LogP) is 2.86. The van der Waals surface area contributed by atoms with Crippen LogP contribution in [0.25, 0.3) is 0 Å². The zero-order valence-electron chi connectivity index (χ0n) is 8.23. The third-order valence-electron chi connectivity index (χ3n) is 1.65. The van der Waals surface area contributed by atoms with Crippen molar-refractivity contribution in [3.05, 3.63) is 23.4 Å². The van der Waals surface area contributed by atoms with Crippen LogP contribution in [0, 0.1) is 11.8 Å². The molecular weight excluding hydrogens is 287 g/mol. The molecule has 0 fully saturated rings. The number of alkyl halides is 4. The van der Waals surface area contributed by atoms with Crippen molar-refractivity contribution in [3.63, 3.8) is 0 Å². The number of hydrogen-bond donors (Lipinski definition) is 0. The molecule has 0 aliphatic carbocycles. The van der Waals surface area contributed by atoms with Crippen LogP contribution in [-0.4, -0.2) is 17.4 Å². The summed E-state index contributed by atoms with van der Waals surface area (Å²) >= 11 is 3.05. The van der Waals surface area contributed by atoms with E-state index in [1.807, 2.05) is 0 Å². The molecule has 0 unspecified atom stereocenters. The molecule has 0 bridgehead atoms. The lowest BCUT2D eigenvalue weighted by atomic mass is 10.2. The zero-order chi connectivity index (χ0) is 12.2. The van der Waals surface area contributed by atoms with Gasteiger partial charge in [0.2, 0.25) is 5.88 Å². The van der Waals surface area contributed by atoms with Crippen LogP contribution in [0.2, 0.25) is 0 Å². The Bertz CT molecular complexity index is 434. The maximum absolute atomic E-state index is 12.6. The first kappa shape index (κ1) is 12.8. The average Bonchev–Trinajstić information content (AvgIpc) is 2.24. The summed E-state index contributed by atoms with van der Waals surface area (Å²) in [5.41, 5.74) is -0.719. The summed E-state index contributed by atoms with van der Waals surface area (Å²) in [5.74, 6) is 4.70. The van der Waals surface area contributed by atoms with Gasteiger partial charge in [-0.1, -0.05) is 27.8 Å². The molecule has 0 aliphatic rings. The first-order chi connectivity index (χ1) is 7.49. The van der Waals surface area contributed by atoms with E-state index in [4.69, 9.17) is 0 Å². The third kappa shape index (κ3) is 3.14. The molecule has 0 amide bonds. The van der Waals surface area contributed by atoms with Crippen LogP contribution in [0.4, 0.5) is 13.2 Å². The fraction of sp³-hybridized carbons (Fsp3) is 0.300. The zero-order valence-corrected chi connectivity index (χ0v) is 9.82. The van der Waals surface area contributed by atoms with Gasteiger partial charge < -0.3 is 4.74 Å². The number of aromatic nitrogens is 1. The molecule has 16 heavy (non-hydrogen) atoms. The first-order valence-electron chi connectivity index (χ1n) is 4.15. The highest BCUT2D eigenvalue weighted by atomic mass is 79.9. The predicted molar refractivity (Wildman–Crippen MR) is 56.5 cm³/mol. The van der Waals surface area contributed by atoms with Gasteiger partial charge >= 0.3 is 6.18 Å². The van der Waals surface area contributed by atoms with Crippen LogP contribution in [0.1, 0.15) is 11.1 Å². The van der Waals surface area contributed by atoms with Crippen molar-refractivity contribution < 1.29 is 17.9 Å². The number of hydrogen-bond acceptors (Lipinski definition) is 2. The molecule has 0 spiro atoms. The monoisotopic (exact) mass is 293 g/mol. The van der Waals surface area contributed by atoms with Gasteiger partial charge in [0.15, 0.2) is 0 Å². The van der Waals surface area contributed by atoms with E-state index in [2.05, 4.69) is 37.5 Å². The summed E-state index contributed by atoms with van der Waals surface area (Å²) in [5, 5.41) is 0.389. The molecule has 0 saturated carbocycles. The summed E-state index contributed by atoms with van der Waals surface area (Å²) in [6, 6.07) is 0.918. The summed E-state index contributed by atoms with van der Waals surface area (Å²) < 4.78 is 42.2. The van der Waals surface area contributed by atoms with Crippen molar-refractivity contribution in [3.8, 4) is 17.7 Å². The Labute approximate surface area is 99.0 Å². The number of halogens is 4. The van der Waals surface area contributed by atoms with Crippen molar-refractivity contribution in [2.24, 2.45) is 0 Å². The molecule has 1 rings (SSSR count). The molecule has 0 aromatic carbocycles. The van der Waals surface area contributed by atoms with E-state index in [0.29, 0.717) is 5.33 Å². The summed E-state index contributed by atoms with van der Waals surface area (Å²) in [6.45, 7) is 0. The number of nitrogens with zero attached hydrogens (tertiary/aromatic N) is 1. The maximum Gasteiger partial charge on any atom is 0.421 e. The van der Waals surface area contributed by atoms with Crippen molar-refractivity contribution in [1.82, 2.24) is 4.98 Å². The Hall–Kier alpha value is -1.22. The largest absolute Gasteiger partial charge is 0.481 e. The highest BCUT2D eigenvalue weighted by Gasteiger charge is 2.35. The van der Waals surface area contributed by atoms with E-state index in [1.165, 1.54) is 6.20 Å². The standard InChI is InChI=1S/C10H7BrF3NO/c1-16-9-8(10(12,13)14)5-7(6-15-9)3-2-4-11/h5-6H,4H2,1H3. The molecular formula is C10H7BrF3NO. The van der Waals surface area contributed by atoms with Crippen LogP contribution < -0.4 is 4.74 Å². The lowest BCUT2D eigenvalue weighted by molar-refractivity contribution is -0.139. The first-order valence-corrected chi connectivity index (χ1v) is 5.27. The van der Waals surface area contributed by atoms with Gasteiger partial charge in [-0.05, 0) is 6.07 Å². The molecule has 0 aliphatic heterocycles. The molecule has 6 heteroatoms. The van der Waals surface area contributed by atoms with E-state index in [9.17, 15) is 13.2 Å². The number of pyridine rings is 1. The molecule has 1 aromatic heterocycles. The second-order valence-corrected chi connectivity index (χ2v) is 3.27. The molecule has 0 N–H and O–H groups in total. The Balaban J connectivity index is 3.22. The van der Waals surface area contributed by atoms with Crippen molar-refractivity contribution in [2.75, 3.05) is 12.4 Å². The smallest absolute Gasteiger partial charge is 0.421 e. The fourth-order valence-electron chi connectivity index (χ4n) is 1.02. The third-order valence-corrected chi connectivity index (χ3v) is 1.93. The van der Waals surface area contributed by atoms with Gasteiger partial charge in [-0.25, -0.2) is 4.98 Å². The molecule has 0 radical (unpaired) electrons. The van der Waals surface area contributed by atoms with E-state index >= 15 is 0 Å². The lowest BCUT2D eigenvalue weighted by Crippen LogP contribution is -2.09. The van der Waals surface area contributed by atoms with Gasteiger partial charge in [0.25, 0.3) is 0 Å². The van der Waals surface area contributed by atoms with Crippen LogP contribution >= 0.6 is 15.9 Å². The Morgan fingerprint density at radius 1 is 1.50 bits per heavy atom. The minimum absolute atomic E-state index is 0.201. The van der Waals surface area contributed by atoms with Gasteiger partial charge in [0.05, 0.1) is 12.4 Å². The second-order valence-electron chi connectivity index (χ2n) is 2.71. The lowest BCUT2D eigenvalue weighted by Gasteiger charge is -2.10. The number of ether oxygens (including phenoxy) is 1. The van der Waals surface area contributed by atoms with Crippen LogP contribution in [0.15, 0.2) is 12.3 Å². The summed E-state index contributed by atoms with van der Waals surface area (Å²) in [6.07, 6.45) is -3.26. The topological polar surface area (TPSA) is 22.1 Å². The van der Waals surface area contributed by atoms with E-state index in [0.717, 1.165) is 13.2 Å². The minimum atomic E-state index is -4.50. The molecule has 0 atom stereocenters. The van der Waals surface area contributed by atoms with Gasteiger partial charge in [0, 0.05) is 11.8 Å². The Kier molecular flexibility index (Phi) is 4.19. The second kappa shape index (κ2) is 5.21. The highest BCUT2D eigenvalue weighted by Crippen LogP contribution is 2.35. The molecule has 0 saturated heterocycles.